The van der Waals surface area contributed by atoms with E-state index in [-0.39, 0.29) is 17.5 Å². The van der Waals surface area contributed by atoms with E-state index in [1.807, 2.05) is 6.92 Å². The summed E-state index contributed by atoms with van der Waals surface area (Å²) < 4.78 is 0. The zero-order valence-corrected chi connectivity index (χ0v) is 13.4. The number of aromatic amines is 1. The molecule has 1 aromatic heterocycles. The highest BCUT2D eigenvalue weighted by atomic mass is 16.1. The molecule has 1 aromatic rings. The lowest BCUT2D eigenvalue weighted by atomic mass is 9.92. The molecule has 1 aliphatic carbocycles. The van der Waals surface area contributed by atoms with Crippen LogP contribution in [-0.2, 0) is 11.2 Å². The van der Waals surface area contributed by atoms with Crippen LogP contribution < -0.4 is 10.9 Å². The SMILES string of the molecule is Cc1nc(C)c(CCC(=O)NC2CCC(C)(C)C2)c(=O)[nH]1. The van der Waals surface area contributed by atoms with Gasteiger partial charge < -0.3 is 10.3 Å². The quantitative estimate of drug-likeness (QED) is 0.891. The number of aryl methyl sites for hydroxylation is 2. The molecule has 5 heteroatoms. The maximum atomic E-state index is 12.0. The molecule has 1 unspecified atom stereocenters. The number of carbonyl (C=O) groups excluding carboxylic acids is 1. The van der Waals surface area contributed by atoms with E-state index in [2.05, 4.69) is 29.1 Å². The lowest BCUT2D eigenvalue weighted by molar-refractivity contribution is -0.121. The molecule has 2 N–H and O–H groups in total. The van der Waals surface area contributed by atoms with Crippen LogP contribution in [0.3, 0.4) is 0 Å². The molecule has 0 bridgehead atoms. The molecule has 1 atom stereocenters. The van der Waals surface area contributed by atoms with E-state index >= 15 is 0 Å². The van der Waals surface area contributed by atoms with Gasteiger partial charge in [-0.25, -0.2) is 4.98 Å². The van der Waals surface area contributed by atoms with Crippen LogP contribution in [0.2, 0.25) is 0 Å². The van der Waals surface area contributed by atoms with Gasteiger partial charge in [0.25, 0.3) is 5.56 Å². The maximum Gasteiger partial charge on any atom is 0.254 e. The fourth-order valence-electron chi connectivity index (χ4n) is 3.14. The fraction of sp³-hybridized carbons (Fsp3) is 0.688. The highest BCUT2D eigenvalue weighted by Gasteiger charge is 2.31. The summed E-state index contributed by atoms with van der Waals surface area (Å²) in [6.07, 6.45) is 4.01. The summed E-state index contributed by atoms with van der Waals surface area (Å²) in [4.78, 5) is 30.8. The number of nitrogens with zero attached hydrogens (tertiary/aromatic N) is 1. The van der Waals surface area contributed by atoms with E-state index in [0.29, 0.717) is 35.3 Å². The van der Waals surface area contributed by atoms with Gasteiger partial charge in [0.15, 0.2) is 0 Å². The van der Waals surface area contributed by atoms with E-state index in [1.165, 1.54) is 0 Å². The number of aromatic nitrogens is 2. The van der Waals surface area contributed by atoms with Crippen molar-refractivity contribution in [3.05, 3.63) is 27.4 Å². The summed E-state index contributed by atoms with van der Waals surface area (Å²) in [5.41, 5.74) is 1.52. The Hall–Kier alpha value is -1.65. The number of hydrogen-bond donors (Lipinski definition) is 2. The van der Waals surface area contributed by atoms with E-state index in [1.54, 1.807) is 6.92 Å². The Morgan fingerprint density at radius 1 is 1.43 bits per heavy atom. The van der Waals surface area contributed by atoms with Gasteiger partial charge in [-0.3, -0.25) is 9.59 Å². The molecule has 0 aromatic carbocycles. The average molecular weight is 291 g/mol. The van der Waals surface area contributed by atoms with Crippen molar-refractivity contribution in [1.82, 2.24) is 15.3 Å². The van der Waals surface area contributed by atoms with Gasteiger partial charge >= 0.3 is 0 Å². The number of nitrogens with one attached hydrogen (secondary N) is 2. The van der Waals surface area contributed by atoms with Crippen LogP contribution in [0.1, 0.15) is 56.6 Å². The fourth-order valence-corrected chi connectivity index (χ4v) is 3.14. The van der Waals surface area contributed by atoms with E-state index < -0.39 is 0 Å². The average Bonchev–Trinajstić information content (AvgIpc) is 2.67. The van der Waals surface area contributed by atoms with E-state index in [0.717, 1.165) is 19.3 Å². The Balaban J connectivity index is 1.89. The second-order valence-electron chi connectivity index (χ2n) is 6.89. The smallest absolute Gasteiger partial charge is 0.254 e. The van der Waals surface area contributed by atoms with Crippen LogP contribution in [0.5, 0.6) is 0 Å². The largest absolute Gasteiger partial charge is 0.353 e. The minimum absolute atomic E-state index is 0.0251. The summed E-state index contributed by atoms with van der Waals surface area (Å²) in [5, 5.41) is 3.08. The topological polar surface area (TPSA) is 74.8 Å². The summed E-state index contributed by atoms with van der Waals surface area (Å²) in [5.74, 6) is 0.635. The van der Waals surface area contributed by atoms with Crippen LogP contribution in [-0.4, -0.2) is 21.9 Å². The van der Waals surface area contributed by atoms with Crippen molar-refractivity contribution in [3.8, 4) is 0 Å². The molecule has 0 spiro atoms. The van der Waals surface area contributed by atoms with Gasteiger partial charge in [0.1, 0.15) is 5.82 Å². The standard InChI is InChI=1S/C16H25N3O2/c1-10-13(15(21)18-11(2)17-10)5-6-14(20)19-12-7-8-16(3,4)9-12/h12H,5-9H2,1-4H3,(H,19,20)(H,17,18,21). The molecular formula is C16H25N3O2. The number of amides is 1. The van der Waals surface area contributed by atoms with Crippen LogP contribution in [0.25, 0.3) is 0 Å². The van der Waals surface area contributed by atoms with Gasteiger partial charge in [-0.15, -0.1) is 0 Å². The zero-order valence-electron chi connectivity index (χ0n) is 13.4. The summed E-state index contributed by atoms with van der Waals surface area (Å²) in [7, 11) is 0. The predicted molar refractivity (Wildman–Crippen MR) is 82.2 cm³/mol. The Bertz CT molecular complexity index is 590. The first-order chi connectivity index (χ1) is 9.77. The molecule has 21 heavy (non-hydrogen) atoms. The summed E-state index contributed by atoms with van der Waals surface area (Å²) >= 11 is 0. The monoisotopic (exact) mass is 291 g/mol. The molecule has 1 saturated carbocycles. The lowest BCUT2D eigenvalue weighted by Gasteiger charge is -2.17. The molecule has 1 aliphatic rings. The van der Waals surface area contributed by atoms with Gasteiger partial charge in [-0.05, 0) is 44.9 Å². The molecule has 1 heterocycles. The van der Waals surface area contributed by atoms with Crippen molar-refractivity contribution in [1.29, 1.82) is 0 Å². The maximum absolute atomic E-state index is 12.0. The molecular weight excluding hydrogens is 266 g/mol. The molecule has 0 saturated heterocycles. The Kier molecular flexibility index (Phi) is 4.49. The molecule has 0 aliphatic heterocycles. The minimum Gasteiger partial charge on any atom is -0.353 e. The molecule has 0 radical (unpaired) electrons. The summed E-state index contributed by atoms with van der Waals surface area (Å²) in [6, 6.07) is 0.281. The van der Waals surface area contributed by atoms with Crippen molar-refractivity contribution in [2.75, 3.05) is 0 Å². The van der Waals surface area contributed by atoms with Gasteiger partial charge in [-0.2, -0.15) is 0 Å². The number of hydrogen-bond acceptors (Lipinski definition) is 3. The third-order valence-electron chi connectivity index (χ3n) is 4.28. The molecule has 116 valence electrons. The molecule has 5 nitrogen and oxygen atoms in total. The molecule has 2 rings (SSSR count). The first-order valence-electron chi connectivity index (χ1n) is 7.62. The highest BCUT2D eigenvalue weighted by molar-refractivity contribution is 5.76. The first-order valence-corrected chi connectivity index (χ1v) is 7.62. The van der Waals surface area contributed by atoms with Crippen LogP contribution in [0.4, 0.5) is 0 Å². The van der Waals surface area contributed by atoms with Crippen LogP contribution >= 0.6 is 0 Å². The van der Waals surface area contributed by atoms with Crippen LogP contribution in [0, 0.1) is 19.3 Å². The number of carbonyl (C=O) groups is 1. The Morgan fingerprint density at radius 3 is 2.71 bits per heavy atom. The van der Waals surface area contributed by atoms with Crippen molar-refractivity contribution < 1.29 is 4.79 Å². The van der Waals surface area contributed by atoms with Gasteiger partial charge in [0.2, 0.25) is 5.91 Å². The van der Waals surface area contributed by atoms with Crippen molar-refractivity contribution in [2.24, 2.45) is 5.41 Å². The first kappa shape index (κ1) is 15.7. The molecule has 1 fully saturated rings. The molecule has 1 amide bonds. The Labute approximate surface area is 125 Å². The van der Waals surface area contributed by atoms with Crippen molar-refractivity contribution in [2.45, 2.75) is 65.8 Å². The van der Waals surface area contributed by atoms with Crippen molar-refractivity contribution in [3.63, 3.8) is 0 Å². The Morgan fingerprint density at radius 2 is 2.14 bits per heavy atom. The lowest BCUT2D eigenvalue weighted by Crippen LogP contribution is -2.34. The second-order valence-corrected chi connectivity index (χ2v) is 6.89. The van der Waals surface area contributed by atoms with Crippen LogP contribution in [0.15, 0.2) is 4.79 Å². The van der Waals surface area contributed by atoms with E-state index in [9.17, 15) is 9.59 Å². The zero-order chi connectivity index (χ0) is 15.6. The normalized spacial score (nSPS) is 20.5. The van der Waals surface area contributed by atoms with E-state index in [4.69, 9.17) is 0 Å². The van der Waals surface area contributed by atoms with Gasteiger partial charge in [0.05, 0.1) is 0 Å². The predicted octanol–water partition coefficient (Wildman–Crippen LogP) is 2.01. The second kappa shape index (κ2) is 6.00. The van der Waals surface area contributed by atoms with Gasteiger partial charge in [0, 0.05) is 23.7 Å². The van der Waals surface area contributed by atoms with Gasteiger partial charge in [-0.1, -0.05) is 13.8 Å². The third-order valence-corrected chi connectivity index (χ3v) is 4.28. The third kappa shape index (κ3) is 4.16. The highest BCUT2D eigenvalue weighted by Crippen LogP contribution is 2.36. The number of rotatable bonds is 4. The van der Waals surface area contributed by atoms with Crippen molar-refractivity contribution >= 4 is 5.91 Å². The summed E-state index contributed by atoms with van der Waals surface area (Å²) in [6.45, 7) is 8.04. The minimum atomic E-state index is -0.130. The number of H-pyrrole nitrogens is 1.